The van der Waals surface area contributed by atoms with Gasteiger partial charge in [0.05, 0.1) is 15.8 Å². The van der Waals surface area contributed by atoms with E-state index >= 15 is 0 Å². The van der Waals surface area contributed by atoms with Gasteiger partial charge >= 0.3 is 0 Å². The fourth-order valence-corrected chi connectivity index (χ4v) is 2.56. The van der Waals surface area contributed by atoms with Gasteiger partial charge in [-0.15, -0.1) is 11.8 Å². The van der Waals surface area contributed by atoms with Crippen LogP contribution in [0.25, 0.3) is 0 Å². The van der Waals surface area contributed by atoms with Crippen LogP contribution in [0.3, 0.4) is 0 Å². The van der Waals surface area contributed by atoms with Crippen LogP contribution >= 0.6 is 46.6 Å². The van der Waals surface area contributed by atoms with E-state index in [0.717, 1.165) is 6.29 Å². The zero-order valence-electron chi connectivity index (χ0n) is 6.39. The van der Waals surface area contributed by atoms with E-state index in [4.69, 9.17) is 34.8 Å². The molecule has 70 valence electrons. The summed E-state index contributed by atoms with van der Waals surface area (Å²) in [4.78, 5) is 10.8. The van der Waals surface area contributed by atoms with Crippen molar-refractivity contribution in [1.82, 2.24) is 0 Å². The van der Waals surface area contributed by atoms with Crippen molar-refractivity contribution in [2.75, 3.05) is 5.75 Å². The Balaban J connectivity index is 2.98. The molecule has 1 aromatic carbocycles. The molecule has 1 nitrogen and oxygen atoms in total. The molecule has 0 spiro atoms. The van der Waals surface area contributed by atoms with Gasteiger partial charge in [-0.1, -0.05) is 34.8 Å². The van der Waals surface area contributed by atoms with Gasteiger partial charge in [0.1, 0.15) is 6.29 Å². The van der Waals surface area contributed by atoms with E-state index in [2.05, 4.69) is 0 Å². The van der Waals surface area contributed by atoms with E-state index in [-0.39, 0.29) is 0 Å². The fraction of sp³-hybridized carbons (Fsp3) is 0.125. The largest absolute Gasteiger partial charge is 0.302 e. The highest BCUT2D eigenvalue weighted by molar-refractivity contribution is 8.00. The van der Waals surface area contributed by atoms with Crippen molar-refractivity contribution in [2.45, 2.75) is 4.90 Å². The first-order valence-electron chi connectivity index (χ1n) is 3.36. The lowest BCUT2D eigenvalue weighted by Gasteiger charge is -2.04. The average Bonchev–Trinajstić information content (AvgIpc) is 2.02. The minimum atomic E-state index is 0.334. The van der Waals surface area contributed by atoms with Crippen LogP contribution in [0.15, 0.2) is 17.0 Å². The Labute approximate surface area is 95.4 Å². The summed E-state index contributed by atoms with van der Waals surface area (Å²) in [6.07, 6.45) is 0.798. The third-order valence-corrected chi connectivity index (χ3v) is 3.33. The normalized spacial score (nSPS) is 10.1. The monoisotopic (exact) mass is 254 g/mol. The standard InChI is InChI=1S/C8H5Cl3OS/c9-5-3-6(10)8(7(11)4-5)13-2-1-12/h1,3-4H,2H2. The first-order chi connectivity index (χ1) is 6.15. The summed E-state index contributed by atoms with van der Waals surface area (Å²) in [5, 5.41) is 1.44. The molecule has 0 saturated heterocycles. The van der Waals surface area contributed by atoms with Crippen molar-refractivity contribution < 1.29 is 4.79 Å². The Morgan fingerprint density at radius 1 is 1.23 bits per heavy atom. The fourth-order valence-electron chi connectivity index (χ4n) is 0.784. The van der Waals surface area contributed by atoms with Gasteiger partial charge in [-0.25, -0.2) is 0 Å². The number of hydrogen-bond donors (Lipinski definition) is 0. The molecule has 0 radical (unpaired) electrons. The third kappa shape index (κ3) is 3.06. The number of thioether (sulfide) groups is 1. The number of halogens is 3. The highest BCUT2D eigenvalue weighted by Gasteiger charge is 2.07. The molecular weight excluding hydrogens is 251 g/mol. The smallest absolute Gasteiger partial charge is 0.130 e. The van der Waals surface area contributed by atoms with Crippen LogP contribution in [0.5, 0.6) is 0 Å². The van der Waals surface area contributed by atoms with E-state index in [1.807, 2.05) is 0 Å². The van der Waals surface area contributed by atoms with Gasteiger partial charge in [-0.2, -0.15) is 0 Å². The lowest BCUT2D eigenvalue weighted by molar-refractivity contribution is -0.105. The van der Waals surface area contributed by atoms with Gasteiger partial charge in [-0.3, -0.25) is 0 Å². The Hall–Kier alpha value is 0.110. The van der Waals surface area contributed by atoms with E-state index in [9.17, 15) is 4.79 Å². The second kappa shape index (κ2) is 5.11. The van der Waals surface area contributed by atoms with Crippen molar-refractivity contribution >= 4 is 52.9 Å². The van der Waals surface area contributed by atoms with Gasteiger partial charge in [0, 0.05) is 9.92 Å². The van der Waals surface area contributed by atoms with Crippen molar-refractivity contribution in [3.8, 4) is 0 Å². The molecule has 0 aliphatic rings. The Morgan fingerprint density at radius 3 is 2.23 bits per heavy atom. The average molecular weight is 256 g/mol. The quantitative estimate of drug-likeness (QED) is 0.601. The van der Waals surface area contributed by atoms with Crippen LogP contribution in [0.4, 0.5) is 0 Å². The highest BCUT2D eigenvalue weighted by Crippen LogP contribution is 2.36. The molecule has 0 bridgehead atoms. The number of carbonyl (C=O) groups excluding carboxylic acids is 1. The molecule has 0 saturated carbocycles. The number of hydrogen-bond acceptors (Lipinski definition) is 2. The summed E-state index contributed by atoms with van der Waals surface area (Å²) in [5.41, 5.74) is 0. The van der Waals surface area contributed by atoms with Crippen molar-refractivity contribution in [1.29, 1.82) is 0 Å². The summed E-state index contributed by atoms with van der Waals surface area (Å²) in [6.45, 7) is 0. The molecule has 0 aliphatic carbocycles. The molecule has 0 N–H and O–H groups in total. The minimum absolute atomic E-state index is 0.334. The van der Waals surface area contributed by atoms with Crippen molar-refractivity contribution in [2.24, 2.45) is 0 Å². The predicted molar refractivity (Wildman–Crippen MR) is 58.3 cm³/mol. The lowest BCUT2D eigenvalue weighted by Crippen LogP contribution is -1.82. The van der Waals surface area contributed by atoms with Crippen LogP contribution in [0.2, 0.25) is 15.1 Å². The first kappa shape index (κ1) is 11.2. The topological polar surface area (TPSA) is 17.1 Å². The molecule has 0 aromatic heterocycles. The Bertz CT molecular complexity index is 304. The summed E-state index contributed by atoms with van der Waals surface area (Å²) in [5.74, 6) is 0.334. The number of aldehydes is 1. The van der Waals surface area contributed by atoms with E-state index in [1.54, 1.807) is 12.1 Å². The molecule has 0 aliphatic heterocycles. The first-order valence-corrected chi connectivity index (χ1v) is 5.48. The summed E-state index contributed by atoms with van der Waals surface area (Å²) < 4.78 is 0. The molecule has 13 heavy (non-hydrogen) atoms. The van der Waals surface area contributed by atoms with Gasteiger partial charge in [-0.05, 0) is 12.1 Å². The van der Waals surface area contributed by atoms with Gasteiger partial charge in [0.25, 0.3) is 0 Å². The molecule has 0 atom stereocenters. The number of carbonyl (C=O) groups is 1. The van der Waals surface area contributed by atoms with Crippen LogP contribution < -0.4 is 0 Å². The van der Waals surface area contributed by atoms with Crippen molar-refractivity contribution in [3.63, 3.8) is 0 Å². The maximum atomic E-state index is 10.1. The zero-order chi connectivity index (χ0) is 9.84. The van der Waals surface area contributed by atoms with Gasteiger partial charge in [0.2, 0.25) is 0 Å². The van der Waals surface area contributed by atoms with E-state index in [1.165, 1.54) is 11.8 Å². The molecular formula is C8H5Cl3OS. The van der Waals surface area contributed by atoms with Crippen LogP contribution in [-0.2, 0) is 4.79 Å². The molecule has 1 aromatic rings. The summed E-state index contributed by atoms with van der Waals surface area (Å²) >= 11 is 18.7. The zero-order valence-corrected chi connectivity index (χ0v) is 9.47. The van der Waals surface area contributed by atoms with Crippen LogP contribution in [0.1, 0.15) is 0 Å². The number of rotatable bonds is 3. The molecule has 0 heterocycles. The number of benzene rings is 1. The van der Waals surface area contributed by atoms with Crippen LogP contribution in [-0.4, -0.2) is 12.0 Å². The predicted octanol–water partition coefficient (Wildman–Crippen LogP) is 3.94. The van der Waals surface area contributed by atoms with Gasteiger partial charge in [0.15, 0.2) is 0 Å². The van der Waals surface area contributed by atoms with Crippen LogP contribution in [0, 0.1) is 0 Å². The summed E-state index contributed by atoms with van der Waals surface area (Å²) in [6, 6.07) is 3.20. The highest BCUT2D eigenvalue weighted by atomic mass is 35.5. The van der Waals surface area contributed by atoms with E-state index < -0.39 is 0 Å². The maximum Gasteiger partial charge on any atom is 0.130 e. The van der Waals surface area contributed by atoms with E-state index in [0.29, 0.717) is 25.7 Å². The van der Waals surface area contributed by atoms with Gasteiger partial charge < -0.3 is 4.79 Å². The minimum Gasteiger partial charge on any atom is -0.302 e. The van der Waals surface area contributed by atoms with Crippen molar-refractivity contribution in [3.05, 3.63) is 27.2 Å². The Kier molecular flexibility index (Phi) is 4.39. The maximum absolute atomic E-state index is 10.1. The summed E-state index contributed by atoms with van der Waals surface area (Å²) in [7, 11) is 0. The second-order valence-electron chi connectivity index (χ2n) is 2.18. The molecule has 0 unspecified atom stereocenters. The molecule has 0 amide bonds. The third-order valence-electron chi connectivity index (χ3n) is 1.26. The lowest BCUT2D eigenvalue weighted by atomic mass is 10.4. The Morgan fingerprint density at radius 2 is 1.77 bits per heavy atom. The molecule has 1 rings (SSSR count). The molecule has 0 fully saturated rings. The SMILES string of the molecule is O=CCSc1c(Cl)cc(Cl)cc1Cl. The second-order valence-corrected chi connectivity index (χ2v) is 4.46. The molecule has 5 heteroatoms.